The van der Waals surface area contributed by atoms with E-state index in [-0.39, 0.29) is 11.8 Å². The summed E-state index contributed by atoms with van der Waals surface area (Å²) < 4.78 is 0. The molecule has 0 fully saturated rings. The maximum absolute atomic E-state index is 13.6. The Hall–Kier alpha value is -4.28. The van der Waals surface area contributed by atoms with Crippen molar-refractivity contribution < 1.29 is 48.6 Å². The average Bonchev–Trinajstić information content (AvgIpc) is 2.99. The van der Waals surface area contributed by atoms with Crippen LogP contribution >= 0.6 is 0 Å². The van der Waals surface area contributed by atoms with Crippen LogP contribution in [-0.2, 0) is 38.4 Å². The second kappa shape index (κ2) is 21.2. The second-order valence-electron chi connectivity index (χ2n) is 14.9. The maximum atomic E-state index is 13.6. The minimum Gasteiger partial charge on any atom is -0.481 e. The molecule has 0 aliphatic heterocycles. The molecule has 0 aromatic carbocycles. The standard InChI is InChI=1S/C34H61N7O10/c1-14(2)22(35)28(44)37-24(16(5)6)30(46)39-26(18(9)10)32(48)41-27(19(11)12)33(49)40-25(17(7)8)31(47)38-23(15(3)4)29(45)36-20(34(50)51)13-21(42)43/h14-20,22-27H,13,35H2,1-12H3,(H,36,45)(H,37,44)(H,38,47)(H,39,46)(H,40,49)(H,41,48)(H,42,43)(H,50,51)/t20-,22-,23-,24-,25-,26-,27-/m0/s1. The fourth-order valence-corrected chi connectivity index (χ4v) is 4.84. The van der Waals surface area contributed by atoms with Crippen LogP contribution in [0.2, 0.25) is 0 Å². The predicted molar refractivity (Wildman–Crippen MR) is 188 cm³/mol. The van der Waals surface area contributed by atoms with Crippen molar-refractivity contribution >= 4 is 47.4 Å². The number of nitrogens with two attached hydrogens (primary N) is 1. The lowest BCUT2D eigenvalue weighted by molar-refractivity contribution is -0.147. The van der Waals surface area contributed by atoms with Crippen molar-refractivity contribution in [3.63, 3.8) is 0 Å². The van der Waals surface area contributed by atoms with E-state index in [0.29, 0.717) is 0 Å². The van der Waals surface area contributed by atoms with Crippen molar-refractivity contribution in [3.8, 4) is 0 Å². The number of carbonyl (C=O) groups excluding carboxylic acids is 6. The van der Waals surface area contributed by atoms with Gasteiger partial charge in [-0.2, -0.15) is 0 Å². The monoisotopic (exact) mass is 727 g/mol. The van der Waals surface area contributed by atoms with Crippen molar-refractivity contribution in [1.29, 1.82) is 0 Å². The van der Waals surface area contributed by atoms with Gasteiger partial charge in [0.2, 0.25) is 35.4 Å². The third-order valence-electron chi connectivity index (χ3n) is 8.25. The van der Waals surface area contributed by atoms with Crippen LogP contribution in [0.3, 0.4) is 0 Å². The van der Waals surface area contributed by atoms with E-state index in [2.05, 4.69) is 31.9 Å². The molecule has 0 radical (unpaired) electrons. The zero-order chi connectivity index (χ0) is 40.1. The molecule has 0 aromatic rings. The highest BCUT2D eigenvalue weighted by molar-refractivity contribution is 5.97. The van der Waals surface area contributed by atoms with E-state index in [1.165, 1.54) is 0 Å². The maximum Gasteiger partial charge on any atom is 0.326 e. The van der Waals surface area contributed by atoms with Gasteiger partial charge in [0.1, 0.15) is 36.3 Å². The van der Waals surface area contributed by atoms with Crippen LogP contribution < -0.4 is 37.6 Å². The first-order valence-electron chi connectivity index (χ1n) is 17.4. The van der Waals surface area contributed by atoms with E-state index in [9.17, 15) is 43.5 Å². The third-order valence-corrected chi connectivity index (χ3v) is 8.25. The molecule has 6 amide bonds. The number of hydrogen-bond donors (Lipinski definition) is 9. The van der Waals surface area contributed by atoms with Crippen LogP contribution in [-0.4, -0.2) is 99.9 Å². The number of aliphatic carboxylic acids is 2. The number of hydrogen-bond acceptors (Lipinski definition) is 9. The van der Waals surface area contributed by atoms with Crippen molar-refractivity contribution in [3.05, 3.63) is 0 Å². The van der Waals surface area contributed by atoms with Crippen molar-refractivity contribution in [2.75, 3.05) is 0 Å². The van der Waals surface area contributed by atoms with Gasteiger partial charge in [-0.25, -0.2) is 4.79 Å². The minimum absolute atomic E-state index is 0.173. The Morgan fingerprint density at radius 3 is 0.843 bits per heavy atom. The lowest BCUT2D eigenvalue weighted by atomic mass is 9.96. The molecule has 0 bridgehead atoms. The smallest absolute Gasteiger partial charge is 0.326 e. The van der Waals surface area contributed by atoms with E-state index in [4.69, 9.17) is 10.8 Å². The molecule has 292 valence electrons. The summed E-state index contributed by atoms with van der Waals surface area (Å²) in [6, 6.07) is -8.31. The van der Waals surface area contributed by atoms with E-state index in [0.717, 1.165) is 0 Å². The first kappa shape index (κ1) is 46.7. The first-order valence-corrected chi connectivity index (χ1v) is 17.4. The summed E-state index contributed by atoms with van der Waals surface area (Å²) in [6.45, 7) is 20.2. The largest absolute Gasteiger partial charge is 0.481 e. The summed E-state index contributed by atoms with van der Waals surface area (Å²) >= 11 is 0. The Bertz CT molecular complexity index is 1250. The molecule has 17 heteroatoms. The van der Waals surface area contributed by atoms with Crippen LogP contribution in [0.5, 0.6) is 0 Å². The van der Waals surface area contributed by atoms with Gasteiger partial charge in [0, 0.05) is 0 Å². The molecule has 0 unspecified atom stereocenters. The summed E-state index contributed by atoms with van der Waals surface area (Å²) in [5.74, 6) is -9.69. The minimum atomic E-state index is -1.73. The summed E-state index contributed by atoms with van der Waals surface area (Å²) in [6.07, 6.45) is -0.879. The topological polar surface area (TPSA) is 275 Å². The molecule has 0 aromatic heterocycles. The number of nitrogens with one attached hydrogen (secondary N) is 6. The predicted octanol–water partition coefficient (Wildman–Crippen LogP) is -0.282. The number of carbonyl (C=O) groups is 8. The van der Waals surface area contributed by atoms with Crippen LogP contribution in [0.1, 0.15) is 89.5 Å². The van der Waals surface area contributed by atoms with Gasteiger partial charge in [-0.05, 0) is 35.5 Å². The molecule has 0 heterocycles. The molecule has 51 heavy (non-hydrogen) atoms. The van der Waals surface area contributed by atoms with Crippen LogP contribution in [0.25, 0.3) is 0 Å². The number of amides is 6. The number of rotatable bonds is 21. The van der Waals surface area contributed by atoms with Gasteiger partial charge < -0.3 is 47.8 Å². The Kier molecular flexibility index (Phi) is 19.4. The van der Waals surface area contributed by atoms with Crippen molar-refractivity contribution in [2.24, 2.45) is 41.2 Å². The third kappa shape index (κ3) is 15.2. The second-order valence-corrected chi connectivity index (χ2v) is 14.9. The molecule has 17 nitrogen and oxygen atoms in total. The molecular formula is C34H61N7O10. The highest BCUT2D eigenvalue weighted by atomic mass is 16.4. The first-order chi connectivity index (χ1) is 23.3. The van der Waals surface area contributed by atoms with Crippen molar-refractivity contribution in [2.45, 2.75) is 132 Å². The van der Waals surface area contributed by atoms with E-state index >= 15 is 0 Å². The summed E-state index contributed by atoms with van der Waals surface area (Å²) in [4.78, 5) is 102. The molecule has 0 saturated carbocycles. The van der Waals surface area contributed by atoms with E-state index in [1.54, 1.807) is 83.1 Å². The van der Waals surface area contributed by atoms with Gasteiger partial charge in [-0.1, -0.05) is 83.1 Å². The SMILES string of the molecule is CC(C)[C@H](N)C(=O)N[C@H](C(=O)N[C@H](C(=O)N[C@H](C(=O)N[C@H](C(=O)N[C@H](C(=O)N[C@@H](CC(=O)O)C(=O)O)C(C)C)C(C)C)C(C)C)C(C)C)C(C)C. The average molecular weight is 728 g/mol. The van der Waals surface area contributed by atoms with Gasteiger partial charge in [0.15, 0.2) is 0 Å². The molecule has 7 atom stereocenters. The molecule has 0 aliphatic carbocycles. The summed E-state index contributed by atoms with van der Waals surface area (Å²) in [5.41, 5.74) is 5.95. The van der Waals surface area contributed by atoms with Crippen LogP contribution in [0.15, 0.2) is 0 Å². The molecule has 0 rings (SSSR count). The van der Waals surface area contributed by atoms with E-state index < -0.39 is 120 Å². The summed E-state index contributed by atoms with van der Waals surface area (Å²) in [7, 11) is 0. The quantitative estimate of drug-likeness (QED) is 0.0742. The molecule has 0 saturated heterocycles. The Balaban J connectivity index is 6.02. The van der Waals surface area contributed by atoms with Gasteiger partial charge >= 0.3 is 11.9 Å². The zero-order valence-corrected chi connectivity index (χ0v) is 32.0. The van der Waals surface area contributed by atoms with Gasteiger partial charge in [-0.3, -0.25) is 33.6 Å². The van der Waals surface area contributed by atoms with Gasteiger partial charge in [-0.15, -0.1) is 0 Å². The molecule has 0 spiro atoms. The zero-order valence-electron chi connectivity index (χ0n) is 32.0. The van der Waals surface area contributed by atoms with Crippen molar-refractivity contribution in [1.82, 2.24) is 31.9 Å². The Labute approximate surface area is 300 Å². The lowest BCUT2D eigenvalue weighted by Gasteiger charge is -2.31. The molecule has 0 aliphatic rings. The van der Waals surface area contributed by atoms with Gasteiger partial charge in [0.25, 0.3) is 0 Å². The lowest BCUT2D eigenvalue weighted by Crippen LogP contribution is -2.62. The summed E-state index contributed by atoms with van der Waals surface area (Å²) in [5, 5.41) is 33.7. The number of carboxylic acids is 2. The highest BCUT2D eigenvalue weighted by Crippen LogP contribution is 2.12. The number of carboxylic acid groups (broad SMARTS) is 2. The van der Waals surface area contributed by atoms with Gasteiger partial charge in [0.05, 0.1) is 12.5 Å². The highest BCUT2D eigenvalue weighted by Gasteiger charge is 2.37. The van der Waals surface area contributed by atoms with Crippen LogP contribution in [0, 0.1) is 35.5 Å². The molecule has 10 N–H and O–H groups in total. The molecular weight excluding hydrogens is 666 g/mol. The fraction of sp³-hybridized carbons (Fsp3) is 0.765. The Morgan fingerprint density at radius 2 is 0.647 bits per heavy atom. The normalized spacial score (nSPS) is 15.7. The fourth-order valence-electron chi connectivity index (χ4n) is 4.84. The van der Waals surface area contributed by atoms with E-state index in [1.807, 2.05) is 0 Å². The van der Waals surface area contributed by atoms with Crippen LogP contribution in [0.4, 0.5) is 0 Å². The Morgan fingerprint density at radius 1 is 0.412 bits per heavy atom.